The number of benzene rings is 3. The SMILES string of the molecule is CCOc1cc(C=NNC(=O)C(CC(C)C)NC(=O)c2ccc(Cl)cc2)ccc1OCc1ccccc1C#N. The number of halogens is 1. The third kappa shape index (κ3) is 8.87. The second-order valence-corrected chi connectivity index (χ2v) is 9.53. The van der Waals surface area contributed by atoms with Crippen LogP contribution in [0.3, 0.4) is 0 Å². The Morgan fingerprint density at radius 2 is 1.79 bits per heavy atom. The summed E-state index contributed by atoms with van der Waals surface area (Å²) in [5, 5.41) is 16.7. The number of carbonyl (C=O) groups excluding carboxylic acids is 2. The summed E-state index contributed by atoms with van der Waals surface area (Å²) in [6, 6.07) is 20.4. The van der Waals surface area contributed by atoms with Crippen LogP contribution in [0.25, 0.3) is 0 Å². The van der Waals surface area contributed by atoms with Crippen molar-refractivity contribution in [3.05, 3.63) is 94.0 Å². The minimum Gasteiger partial charge on any atom is -0.490 e. The zero-order valence-electron chi connectivity index (χ0n) is 22.1. The van der Waals surface area contributed by atoms with Crippen molar-refractivity contribution in [1.29, 1.82) is 5.26 Å². The third-order valence-electron chi connectivity index (χ3n) is 5.61. The molecule has 0 bridgehead atoms. The molecule has 3 rings (SSSR count). The van der Waals surface area contributed by atoms with Crippen molar-refractivity contribution in [2.45, 2.75) is 39.8 Å². The van der Waals surface area contributed by atoms with Gasteiger partial charge in [0.2, 0.25) is 0 Å². The topological polar surface area (TPSA) is 113 Å². The minimum atomic E-state index is -0.767. The highest BCUT2D eigenvalue weighted by atomic mass is 35.5. The van der Waals surface area contributed by atoms with Gasteiger partial charge in [-0.3, -0.25) is 9.59 Å². The van der Waals surface area contributed by atoms with Crippen LogP contribution in [0, 0.1) is 17.2 Å². The zero-order chi connectivity index (χ0) is 28.2. The molecular weight excluding hydrogens is 516 g/mol. The van der Waals surface area contributed by atoms with E-state index in [2.05, 4.69) is 21.9 Å². The molecular formula is C30H31ClN4O4. The lowest BCUT2D eigenvalue weighted by Crippen LogP contribution is -2.46. The molecule has 0 aliphatic carbocycles. The summed E-state index contributed by atoms with van der Waals surface area (Å²) in [6.45, 7) is 6.44. The van der Waals surface area contributed by atoms with E-state index in [-0.39, 0.29) is 18.4 Å². The Bertz CT molecular complexity index is 1350. The third-order valence-corrected chi connectivity index (χ3v) is 5.86. The Kier molecular flexibility index (Phi) is 10.9. The normalized spacial score (nSPS) is 11.6. The fraction of sp³-hybridized carbons (Fsp3) is 0.267. The zero-order valence-corrected chi connectivity index (χ0v) is 22.9. The lowest BCUT2D eigenvalue weighted by Gasteiger charge is -2.19. The van der Waals surface area contributed by atoms with Crippen LogP contribution in [-0.2, 0) is 11.4 Å². The number of ether oxygens (including phenoxy) is 2. The molecule has 8 nitrogen and oxygen atoms in total. The molecule has 0 spiro atoms. The van der Waals surface area contributed by atoms with Gasteiger partial charge in [-0.05, 0) is 73.4 Å². The Balaban J connectivity index is 1.66. The minimum absolute atomic E-state index is 0.164. The van der Waals surface area contributed by atoms with Crippen molar-refractivity contribution in [2.24, 2.45) is 11.0 Å². The molecule has 9 heteroatoms. The van der Waals surface area contributed by atoms with Gasteiger partial charge in [0.05, 0.1) is 24.5 Å². The highest BCUT2D eigenvalue weighted by Gasteiger charge is 2.22. The van der Waals surface area contributed by atoms with Gasteiger partial charge in [0.25, 0.3) is 11.8 Å². The van der Waals surface area contributed by atoms with Crippen LogP contribution in [0.4, 0.5) is 0 Å². The van der Waals surface area contributed by atoms with Crippen molar-refractivity contribution < 1.29 is 19.1 Å². The average Bonchev–Trinajstić information content (AvgIpc) is 2.92. The van der Waals surface area contributed by atoms with E-state index in [1.165, 1.54) is 6.21 Å². The first-order valence-corrected chi connectivity index (χ1v) is 13.0. The number of hydrogen-bond donors (Lipinski definition) is 2. The highest BCUT2D eigenvalue weighted by Crippen LogP contribution is 2.29. The van der Waals surface area contributed by atoms with Crippen LogP contribution in [0.15, 0.2) is 71.8 Å². The van der Waals surface area contributed by atoms with Gasteiger partial charge in [0.15, 0.2) is 11.5 Å². The molecule has 0 aliphatic rings. The molecule has 1 atom stereocenters. The van der Waals surface area contributed by atoms with E-state index in [4.69, 9.17) is 21.1 Å². The molecule has 39 heavy (non-hydrogen) atoms. The summed E-state index contributed by atoms with van der Waals surface area (Å²) in [7, 11) is 0. The van der Waals surface area contributed by atoms with Crippen molar-refractivity contribution >= 4 is 29.6 Å². The Hall–Kier alpha value is -4.35. The first-order valence-electron chi connectivity index (χ1n) is 12.6. The van der Waals surface area contributed by atoms with E-state index in [1.807, 2.05) is 32.9 Å². The van der Waals surface area contributed by atoms with E-state index in [0.717, 1.165) is 5.56 Å². The van der Waals surface area contributed by atoms with E-state index in [0.29, 0.717) is 46.2 Å². The Morgan fingerprint density at radius 3 is 2.49 bits per heavy atom. The molecule has 202 valence electrons. The van der Waals surface area contributed by atoms with Gasteiger partial charge < -0.3 is 14.8 Å². The van der Waals surface area contributed by atoms with E-state index in [9.17, 15) is 14.9 Å². The van der Waals surface area contributed by atoms with Gasteiger partial charge in [-0.1, -0.05) is 43.6 Å². The highest BCUT2D eigenvalue weighted by molar-refractivity contribution is 6.30. The first kappa shape index (κ1) is 29.2. The van der Waals surface area contributed by atoms with Gasteiger partial charge in [0.1, 0.15) is 12.6 Å². The molecule has 2 amide bonds. The predicted octanol–water partition coefficient (Wildman–Crippen LogP) is 5.48. The van der Waals surface area contributed by atoms with Crippen LogP contribution in [-0.4, -0.2) is 30.7 Å². The summed E-state index contributed by atoms with van der Waals surface area (Å²) in [4.78, 5) is 25.5. The lowest BCUT2D eigenvalue weighted by molar-refractivity contribution is -0.123. The molecule has 3 aromatic carbocycles. The number of carbonyl (C=O) groups is 2. The maximum atomic E-state index is 12.9. The summed E-state index contributed by atoms with van der Waals surface area (Å²) < 4.78 is 11.7. The van der Waals surface area contributed by atoms with E-state index in [1.54, 1.807) is 54.6 Å². The number of hydrogen-bond acceptors (Lipinski definition) is 6. The lowest BCUT2D eigenvalue weighted by atomic mass is 10.0. The summed E-state index contributed by atoms with van der Waals surface area (Å²) >= 11 is 5.90. The summed E-state index contributed by atoms with van der Waals surface area (Å²) in [5.74, 6) is 0.397. The second kappa shape index (κ2) is 14.6. The van der Waals surface area contributed by atoms with Gasteiger partial charge in [-0.15, -0.1) is 0 Å². The molecule has 0 fully saturated rings. The van der Waals surface area contributed by atoms with Crippen LogP contribution in [0.1, 0.15) is 54.2 Å². The Labute approximate surface area is 233 Å². The number of rotatable bonds is 12. The van der Waals surface area contributed by atoms with Gasteiger partial charge in [-0.25, -0.2) is 5.43 Å². The van der Waals surface area contributed by atoms with Crippen molar-refractivity contribution in [2.75, 3.05) is 6.61 Å². The molecule has 0 aromatic heterocycles. The standard InChI is InChI=1S/C30H31ClN4O4/c1-4-38-28-16-21(9-14-27(28)39-19-24-8-6-5-7-23(24)17-32)18-33-35-30(37)26(15-20(2)3)34-29(36)22-10-12-25(31)13-11-22/h5-14,16,18,20,26H,4,15,19H2,1-3H3,(H,34,36)(H,35,37). The first-order chi connectivity index (χ1) is 18.8. The largest absolute Gasteiger partial charge is 0.490 e. The fourth-order valence-corrected chi connectivity index (χ4v) is 3.82. The van der Waals surface area contributed by atoms with Gasteiger partial charge in [-0.2, -0.15) is 10.4 Å². The van der Waals surface area contributed by atoms with Crippen LogP contribution >= 0.6 is 11.6 Å². The smallest absolute Gasteiger partial charge is 0.262 e. The van der Waals surface area contributed by atoms with Crippen molar-refractivity contribution in [1.82, 2.24) is 10.7 Å². The van der Waals surface area contributed by atoms with E-state index >= 15 is 0 Å². The molecule has 1 unspecified atom stereocenters. The predicted molar refractivity (Wildman–Crippen MR) is 151 cm³/mol. The Morgan fingerprint density at radius 1 is 1.05 bits per heavy atom. The molecule has 0 heterocycles. The molecule has 3 aromatic rings. The molecule has 0 saturated heterocycles. The summed E-state index contributed by atoms with van der Waals surface area (Å²) in [5.41, 5.74) is 4.93. The average molecular weight is 547 g/mol. The van der Waals surface area contributed by atoms with Gasteiger partial charge >= 0.3 is 0 Å². The number of amides is 2. The molecule has 0 radical (unpaired) electrons. The summed E-state index contributed by atoms with van der Waals surface area (Å²) in [6.07, 6.45) is 1.93. The number of nitrogens with zero attached hydrogens (tertiary/aromatic N) is 2. The van der Waals surface area contributed by atoms with Gasteiger partial charge in [0, 0.05) is 16.1 Å². The maximum absolute atomic E-state index is 12.9. The van der Waals surface area contributed by atoms with Crippen LogP contribution < -0.4 is 20.2 Å². The van der Waals surface area contributed by atoms with E-state index < -0.39 is 11.9 Å². The second-order valence-electron chi connectivity index (χ2n) is 9.09. The maximum Gasteiger partial charge on any atom is 0.262 e. The number of nitriles is 1. The fourth-order valence-electron chi connectivity index (χ4n) is 3.70. The molecule has 0 aliphatic heterocycles. The van der Waals surface area contributed by atoms with Crippen LogP contribution in [0.5, 0.6) is 11.5 Å². The molecule has 2 N–H and O–H groups in total. The van der Waals surface area contributed by atoms with Crippen molar-refractivity contribution in [3.8, 4) is 17.6 Å². The molecule has 0 saturated carbocycles. The van der Waals surface area contributed by atoms with Crippen LogP contribution in [0.2, 0.25) is 5.02 Å². The monoisotopic (exact) mass is 546 g/mol. The quantitative estimate of drug-likeness (QED) is 0.230. The van der Waals surface area contributed by atoms with Crippen molar-refractivity contribution in [3.63, 3.8) is 0 Å². The number of nitrogens with one attached hydrogen (secondary N) is 2. The number of hydrazone groups is 1.